The molecule has 0 aliphatic heterocycles. The second-order valence-electron chi connectivity index (χ2n) is 7.35. The van der Waals surface area contributed by atoms with E-state index in [1.54, 1.807) is 0 Å². The number of nitrogens with zero attached hydrogens (tertiary/aromatic N) is 1. The summed E-state index contributed by atoms with van der Waals surface area (Å²) < 4.78 is 0. The molecule has 0 aromatic heterocycles. The first-order valence-electron chi connectivity index (χ1n) is 10.7. The summed E-state index contributed by atoms with van der Waals surface area (Å²) in [4.78, 5) is 0. The third-order valence-corrected chi connectivity index (χ3v) is 5.11. The number of rotatable bonds is 6. The summed E-state index contributed by atoms with van der Waals surface area (Å²) >= 11 is 0. The minimum Gasteiger partial charge on any atom is -0.355 e. The van der Waals surface area contributed by atoms with Crippen LogP contribution in [-0.4, -0.2) is 0 Å². The number of nitrogens with one attached hydrogen (secondary N) is 1. The van der Waals surface area contributed by atoms with Gasteiger partial charge in [-0.1, -0.05) is 97.6 Å². The van der Waals surface area contributed by atoms with Crippen LogP contribution >= 0.6 is 0 Å². The minimum atomic E-state index is 1.02. The van der Waals surface area contributed by atoms with E-state index < -0.39 is 0 Å². The van der Waals surface area contributed by atoms with Crippen LogP contribution < -0.4 is 11.1 Å². The molecule has 162 valence electrons. The molecule has 0 heterocycles. The molecule has 0 radical (unpaired) electrons. The van der Waals surface area contributed by atoms with Crippen LogP contribution in [0.4, 0.5) is 11.4 Å². The van der Waals surface area contributed by atoms with Crippen LogP contribution in [0.3, 0.4) is 0 Å². The lowest BCUT2D eigenvalue weighted by atomic mass is 9.97. The van der Waals surface area contributed by atoms with Gasteiger partial charge in [0.25, 0.3) is 0 Å². The molecule has 4 aromatic rings. The maximum Gasteiger partial charge on any atom is 0.173 e. The van der Waals surface area contributed by atoms with Crippen LogP contribution in [-0.2, 0) is 0 Å². The van der Waals surface area contributed by atoms with E-state index in [0.717, 1.165) is 22.5 Å². The van der Waals surface area contributed by atoms with Crippen LogP contribution in [0.25, 0.3) is 27.8 Å². The Labute approximate surface area is 196 Å². The molecule has 4 aromatic carbocycles. The number of anilines is 2. The SMILES string of the molecule is C=C(/C=C\C)c1cccc(-c2ccc(-c3ccccc3Nc3ccccc3)cc2)c1.N#CN. The van der Waals surface area contributed by atoms with Gasteiger partial charge in [-0.2, -0.15) is 5.26 Å². The van der Waals surface area contributed by atoms with E-state index >= 15 is 0 Å². The van der Waals surface area contributed by atoms with Crippen LogP contribution in [0.5, 0.6) is 0 Å². The number of nitrogens with two attached hydrogens (primary N) is 1. The molecule has 3 N–H and O–H groups in total. The predicted octanol–water partition coefficient (Wildman–Crippen LogP) is 7.78. The smallest absolute Gasteiger partial charge is 0.173 e. The Balaban J connectivity index is 0.000000968. The van der Waals surface area contributed by atoms with Crippen molar-refractivity contribution in [2.75, 3.05) is 5.32 Å². The lowest BCUT2D eigenvalue weighted by Gasteiger charge is -2.13. The standard InChI is InChI=1S/C29H25N.CH2N2/c1-3-10-22(2)25-11-9-12-26(21-25)23-17-19-24(20-18-23)28-15-7-8-16-29(28)30-27-13-5-4-6-14-27;2-1-3/h3-21,30H,2H2,1H3;2H2/b10-3-;. The molecule has 0 bridgehead atoms. The molecular formula is C30H27N3. The molecule has 0 amide bonds. The minimum absolute atomic E-state index is 1.02. The summed E-state index contributed by atoms with van der Waals surface area (Å²) in [6.45, 7) is 6.17. The molecule has 33 heavy (non-hydrogen) atoms. The molecule has 0 atom stereocenters. The number of benzene rings is 4. The van der Waals surface area contributed by atoms with Gasteiger partial charge in [0.15, 0.2) is 6.19 Å². The van der Waals surface area contributed by atoms with Crippen molar-refractivity contribution in [3.63, 3.8) is 0 Å². The molecule has 0 unspecified atom stereocenters. The Hall–Kier alpha value is -4.55. The highest BCUT2D eigenvalue weighted by atomic mass is 14.9. The molecule has 0 spiro atoms. The fourth-order valence-corrected chi connectivity index (χ4v) is 3.56. The van der Waals surface area contributed by atoms with Crippen molar-refractivity contribution in [1.82, 2.24) is 0 Å². The van der Waals surface area contributed by atoms with Crippen molar-refractivity contribution in [2.24, 2.45) is 5.73 Å². The molecule has 3 nitrogen and oxygen atoms in total. The highest BCUT2D eigenvalue weighted by Gasteiger charge is 2.06. The summed E-state index contributed by atoms with van der Waals surface area (Å²) in [7, 11) is 0. The van der Waals surface area contributed by atoms with Crippen molar-refractivity contribution in [2.45, 2.75) is 6.92 Å². The van der Waals surface area contributed by atoms with Crippen LogP contribution in [0.15, 0.2) is 122 Å². The number of hydrogen-bond donors (Lipinski definition) is 2. The van der Waals surface area contributed by atoms with Crippen molar-refractivity contribution in [1.29, 1.82) is 5.26 Å². The van der Waals surface area contributed by atoms with Gasteiger partial charge < -0.3 is 11.1 Å². The van der Waals surface area contributed by atoms with Gasteiger partial charge in [-0.25, -0.2) is 0 Å². The molecule has 3 heteroatoms. The summed E-state index contributed by atoms with van der Waals surface area (Å²) in [6, 6.07) is 36.0. The lowest BCUT2D eigenvalue weighted by Crippen LogP contribution is -1.93. The fraction of sp³-hybridized carbons (Fsp3) is 0.0333. The van der Waals surface area contributed by atoms with Gasteiger partial charge in [0.2, 0.25) is 0 Å². The average molecular weight is 430 g/mol. The van der Waals surface area contributed by atoms with Gasteiger partial charge in [-0.05, 0) is 59.0 Å². The molecule has 0 saturated carbocycles. The second kappa shape index (κ2) is 11.7. The van der Waals surface area contributed by atoms with Crippen molar-refractivity contribution >= 4 is 16.9 Å². The predicted molar refractivity (Wildman–Crippen MR) is 141 cm³/mol. The first-order chi connectivity index (χ1) is 16.2. The largest absolute Gasteiger partial charge is 0.355 e. The number of hydrogen-bond acceptors (Lipinski definition) is 3. The monoisotopic (exact) mass is 429 g/mol. The molecule has 0 aliphatic rings. The Morgan fingerprint density at radius 3 is 2.15 bits per heavy atom. The summed E-state index contributed by atoms with van der Waals surface area (Å²) in [5.74, 6) is 0. The highest BCUT2D eigenvalue weighted by molar-refractivity contribution is 5.83. The van der Waals surface area contributed by atoms with Gasteiger partial charge in [-0.3, -0.25) is 0 Å². The molecule has 4 rings (SSSR count). The van der Waals surface area contributed by atoms with E-state index in [1.165, 1.54) is 28.4 Å². The molecular weight excluding hydrogens is 402 g/mol. The number of allylic oxidation sites excluding steroid dienone is 3. The van der Waals surface area contributed by atoms with E-state index in [9.17, 15) is 0 Å². The van der Waals surface area contributed by atoms with Crippen LogP contribution in [0.2, 0.25) is 0 Å². The van der Waals surface area contributed by atoms with E-state index in [2.05, 4.69) is 103 Å². The summed E-state index contributed by atoms with van der Waals surface area (Å²) in [5.41, 5.74) is 13.3. The molecule has 0 aliphatic carbocycles. The van der Waals surface area contributed by atoms with Gasteiger partial charge >= 0.3 is 0 Å². The lowest BCUT2D eigenvalue weighted by molar-refractivity contribution is 1.45. The average Bonchev–Trinajstić information content (AvgIpc) is 2.86. The van der Waals surface area contributed by atoms with Crippen molar-refractivity contribution in [3.05, 3.63) is 127 Å². The maximum absolute atomic E-state index is 7.10. The Morgan fingerprint density at radius 2 is 1.45 bits per heavy atom. The number of nitriles is 1. The van der Waals surface area contributed by atoms with Crippen molar-refractivity contribution < 1.29 is 0 Å². The van der Waals surface area contributed by atoms with Gasteiger partial charge in [-0.15, -0.1) is 0 Å². The Morgan fingerprint density at radius 1 is 0.818 bits per heavy atom. The molecule has 0 saturated heterocycles. The summed E-state index contributed by atoms with van der Waals surface area (Å²) in [5, 5.41) is 10.6. The van der Waals surface area contributed by atoms with Gasteiger partial charge in [0, 0.05) is 16.9 Å². The topological polar surface area (TPSA) is 61.8 Å². The van der Waals surface area contributed by atoms with Crippen LogP contribution in [0, 0.1) is 11.5 Å². The van der Waals surface area contributed by atoms with Gasteiger partial charge in [0.1, 0.15) is 0 Å². The van der Waals surface area contributed by atoms with Crippen LogP contribution in [0.1, 0.15) is 12.5 Å². The Kier molecular flexibility index (Phi) is 8.22. The van der Waals surface area contributed by atoms with Crippen molar-refractivity contribution in [3.8, 4) is 28.4 Å². The summed E-state index contributed by atoms with van der Waals surface area (Å²) in [6.07, 6.45) is 5.31. The zero-order chi connectivity index (χ0) is 23.5. The van der Waals surface area contributed by atoms with E-state index in [0.29, 0.717) is 0 Å². The van der Waals surface area contributed by atoms with E-state index in [1.807, 2.05) is 37.3 Å². The fourth-order valence-electron chi connectivity index (χ4n) is 3.56. The first-order valence-corrected chi connectivity index (χ1v) is 10.7. The maximum atomic E-state index is 7.10. The zero-order valence-corrected chi connectivity index (χ0v) is 18.7. The van der Waals surface area contributed by atoms with E-state index in [4.69, 9.17) is 5.26 Å². The Bertz CT molecular complexity index is 1260. The normalized spacial score (nSPS) is 10.1. The quantitative estimate of drug-likeness (QED) is 0.187. The highest BCUT2D eigenvalue weighted by Crippen LogP contribution is 2.32. The van der Waals surface area contributed by atoms with Gasteiger partial charge in [0.05, 0.1) is 0 Å². The molecule has 0 fully saturated rings. The second-order valence-corrected chi connectivity index (χ2v) is 7.35. The third-order valence-electron chi connectivity index (χ3n) is 5.11. The number of para-hydroxylation sites is 2. The zero-order valence-electron chi connectivity index (χ0n) is 18.7. The third kappa shape index (κ3) is 6.22. The van der Waals surface area contributed by atoms with E-state index in [-0.39, 0.29) is 0 Å². The first kappa shape index (κ1) is 23.1.